The van der Waals surface area contributed by atoms with Crippen molar-refractivity contribution in [1.29, 1.82) is 0 Å². The first-order chi connectivity index (χ1) is 9.47. The highest BCUT2D eigenvalue weighted by Gasteiger charge is 2.35. The molecule has 0 heterocycles. The van der Waals surface area contributed by atoms with E-state index in [-0.39, 0.29) is 0 Å². The van der Waals surface area contributed by atoms with E-state index in [1.165, 1.54) is 6.07 Å². The Hall–Kier alpha value is -0.970. The molecule has 1 aromatic rings. The number of benzene rings is 1. The number of carbonyl (C=O) groups is 1. The molecule has 0 radical (unpaired) electrons. The van der Waals surface area contributed by atoms with Crippen molar-refractivity contribution in [3.05, 3.63) is 35.4 Å². The van der Waals surface area contributed by atoms with Crippen LogP contribution in [0.4, 0.5) is 8.78 Å². The van der Waals surface area contributed by atoms with Crippen molar-refractivity contribution in [2.24, 2.45) is 5.92 Å². The maximum Gasteiger partial charge on any atom is 0.257 e. The van der Waals surface area contributed by atoms with Gasteiger partial charge in [-0.1, -0.05) is 28.9 Å². The Morgan fingerprint density at radius 2 is 1.90 bits per heavy atom. The number of halogens is 3. The molecule has 0 aromatic heterocycles. The van der Waals surface area contributed by atoms with Gasteiger partial charge in [-0.15, -0.1) is 0 Å². The fraction of sp³-hybridized carbons (Fsp3) is 0.533. The molecule has 2 rings (SSSR count). The first-order valence-corrected chi connectivity index (χ1v) is 7.92. The van der Waals surface area contributed by atoms with Crippen LogP contribution >= 0.6 is 15.9 Å². The Kier molecular flexibility index (Phi) is 4.78. The first-order valence-electron chi connectivity index (χ1n) is 6.80. The second-order valence-corrected chi connectivity index (χ2v) is 6.21. The predicted molar refractivity (Wildman–Crippen MR) is 78.0 cm³/mol. The van der Waals surface area contributed by atoms with E-state index in [9.17, 15) is 13.6 Å². The molecule has 1 aromatic carbocycles. The highest BCUT2D eigenvalue weighted by molar-refractivity contribution is 9.09. The summed E-state index contributed by atoms with van der Waals surface area (Å²) in [5.74, 6) is -1.69. The Bertz CT molecular complexity index is 478. The number of alkyl halides is 1. The highest BCUT2D eigenvalue weighted by Crippen LogP contribution is 2.33. The third-order valence-corrected chi connectivity index (χ3v) is 5.13. The van der Waals surface area contributed by atoms with Crippen LogP contribution in [0.5, 0.6) is 0 Å². The zero-order valence-corrected chi connectivity index (χ0v) is 13.0. The summed E-state index contributed by atoms with van der Waals surface area (Å²) < 4.78 is 27.3. The van der Waals surface area contributed by atoms with E-state index in [0.717, 1.165) is 37.8 Å². The number of amides is 1. The van der Waals surface area contributed by atoms with Crippen molar-refractivity contribution in [3.63, 3.8) is 0 Å². The van der Waals surface area contributed by atoms with Gasteiger partial charge in [0.25, 0.3) is 5.91 Å². The van der Waals surface area contributed by atoms with Crippen LogP contribution in [-0.4, -0.2) is 16.8 Å². The van der Waals surface area contributed by atoms with Gasteiger partial charge in [0.05, 0.1) is 5.54 Å². The van der Waals surface area contributed by atoms with Crippen molar-refractivity contribution >= 4 is 21.8 Å². The molecule has 0 spiro atoms. The summed E-state index contributed by atoms with van der Waals surface area (Å²) in [4.78, 5) is 12.2. The van der Waals surface area contributed by atoms with E-state index >= 15 is 0 Å². The molecular formula is C15H18BrF2NO. The van der Waals surface area contributed by atoms with Crippen molar-refractivity contribution in [2.45, 2.75) is 38.1 Å². The lowest BCUT2D eigenvalue weighted by Gasteiger charge is -2.39. The molecule has 0 bridgehead atoms. The van der Waals surface area contributed by atoms with E-state index < -0.39 is 28.6 Å². The minimum absolute atomic E-state index is 0.404. The van der Waals surface area contributed by atoms with E-state index in [1.54, 1.807) is 0 Å². The quantitative estimate of drug-likeness (QED) is 0.823. The lowest BCUT2D eigenvalue weighted by molar-refractivity contribution is 0.0865. The van der Waals surface area contributed by atoms with Crippen molar-refractivity contribution < 1.29 is 13.6 Å². The number of carbonyl (C=O) groups excluding carboxylic acids is 1. The Balaban J connectivity index is 2.18. The molecule has 1 aliphatic rings. The largest absolute Gasteiger partial charge is 0.346 e. The van der Waals surface area contributed by atoms with Crippen LogP contribution in [-0.2, 0) is 0 Å². The average molecular weight is 346 g/mol. The molecule has 1 fully saturated rings. The third-order valence-electron chi connectivity index (χ3n) is 4.06. The van der Waals surface area contributed by atoms with Gasteiger partial charge in [0.1, 0.15) is 17.2 Å². The minimum Gasteiger partial charge on any atom is -0.346 e. The Morgan fingerprint density at radius 3 is 2.40 bits per heavy atom. The number of rotatable bonds is 3. The van der Waals surface area contributed by atoms with Gasteiger partial charge in [-0.25, -0.2) is 8.78 Å². The van der Waals surface area contributed by atoms with Crippen LogP contribution in [0.15, 0.2) is 18.2 Å². The number of hydrogen-bond donors (Lipinski definition) is 1. The molecule has 0 atom stereocenters. The topological polar surface area (TPSA) is 29.1 Å². The van der Waals surface area contributed by atoms with E-state index in [0.29, 0.717) is 11.2 Å². The second-order valence-electron chi connectivity index (χ2n) is 5.65. The second kappa shape index (κ2) is 6.20. The SMILES string of the molecule is CC1CCC(CBr)(NC(=O)c2c(F)cccc2F)CC1. The normalized spacial score (nSPS) is 26.3. The minimum atomic E-state index is -0.823. The van der Waals surface area contributed by atoms with Crippen LogP contribution in [0.3, 0.4) is 0 Å². The maximum atomic E-state index is 13.6. The van der Waals surface area contributed by atoms with Crippen LogP contribution in [0.2, 0.25) is 0 Å². The van der Waals surface area contributed by atoms with Crippen LogP contribution in [0.1, 0.15) is 43.0 Å². The summed E-state index contributed by atoms with van der Waals surface area (Å²) in [5.41, 5.74) is -0.898. The zero-order chi connectivity index (χ0) is 14.8. The molecule has 0 aliphatic heterocycles. The lowest BCUT2D eigenvalue weighted by Crippen LogP contribution is -2.52. The molecule has 1 N–H and O–H groups in total. The van der Waals surface area contributed by atoms with E-state index in [2.05, 4.69) is 28.2 Å². The molecular weight excluding hydrogens is 328 g/mol. The van der Waals surface area contributed by atoms with Gasteiger partial charge in [-0.05, 0) is 43.7 Å². The Labute approximate surface area is 126 Å². The zero-order valence-electron chi connectivity index (χ0n) is 11.4. The third kappa shape index (κ3) is 3.19. The van der Waals surface area contributed by atoms with E-state index in [4.69, 9.17) is 0 Å². The van der Waals surface area contributed by atoms with E-state index in [1.807, 2.05) is 0 Å². The molecule has 2 nitrogen and oxygen atoms in total. The summed E-state index contributed by atoms with van der Waals surface area (Å²) in [5, 5.41) is 3.43. The maximum absolute atomic E-state index is 13.6. The van der Waals surface area contributed by atoms with Gasteiger partial charge in [-0.2, -0.15) is 0 Å². The van der Waals surface area contributed by atoms with Gasteiger partial charge < -0.3 is 5.32 Å². The molecule has 110 valence electrons. The van der Waals surface area contributed by atoms with Crippen LogP contribution < -0.4 is 5.32 Å². The van der Waals surface area contributed by atoms with Crippen LogP contribution in [0.25, 0.3) is 0 Å². The average Bonchev–Trinajstić information content (AvgIpc) is 2.41. The first kappa shape index (κ1) is 15.4. The summed E-state index contributed by atoms with van der Waals surface area (Å²) in [6.07, 6.45) is 3.65. The fourth-order valence-electron chi connectivity index (χ4n) is 2.62. The van der Waals surface area contributed by atoms with Crippen LogP contribution in [0, 0.1) is 17.6 Å². The standard InChI is InChI=1S/C15H18BrF2NO/c1-10-5-7-15(9-16,8-6-10)19-14(20)13-11(17)3-2-4-12(13)18/h2-4,10H,5-9H2,1H3,(H,19,20). The van der Waals surface area contributed by atoms with Gasteiger partial charge in [-0.3, -0.25) is 4.79 Å². The lowest BCUT2D eigenvalue weighted by atomic mass is 9.78. The van der Waals surface area contributed by atoms with Gasteiger partial charge in [0.15, 0.2) is 0 Å². The van der Waals surface area contributed by atoms with Crippen molar-refractivity contribution in [1.82, 2.24) is 5.32 Å². The monoisotopic (exact) mass is 345 g/mol. The van der Waals surface area contributed by atoms with Gasteiger partial charge in [0, 0.05) is 5.33 Å². The summed E-state index contributed by atoms with van der Waals surface area (Å²) >= 11 is 3.42. The molecule has 0 saturated heterocycles. The summed E-state index contributed by atoms with van der Waals surface area (Å²) in [6.45, 7) is 2.18. The van der Waals surface area contributed by atoms with Gasteiger partial charge >= 0.3 is 0 Å². The van der Waals surface area contributed by atoms with Gasteiger partial charge in [0.2, 0.25) is 0 Å². The fourth-order valence-corrected chi connectivity index (χ4v) is 3.33. The molecule has 0 unspecified atom stereocenters. The molecule has 1 amide bonds. The summed E-state index contributed by atoms with van der Waals surface area (Å²) in [6, 6.07) is 3.45. The molecule has 1 aliphatic carbocycles. The smallest absolute Gasteiger partial charge is 0.257 e. The Morgan fingerprint density at radius 1 is 1.35 bits per heavy atom. The summed E-state index contributed by atoms with van der Waals surface area (Å²) in [7, 11) is 0. The number of nitrogens with one attached hydrogen (secondary N) is 1. The highest BCUT2D eigenvalue weighted by atomic mass is 79.9. The van der Waals surface area contributed by atoms with Crippen molar-refractivity contribution in [3.8, 4) is 0 Å². The van der Waals surface area contributed by atoms with Crippen molar-refractivity contribution in [2.75, 3.05) is 5.33 Å². The molecule has 5 heteroatoms. The number of hydrogen-bond acceptors (Lipinski definition) is 1. The molecule has 20 heavy (non-hydrogen) atoms. The predicted octanol–water partition coefficient (Wildman–Crippen LogP) is 4.04. The molecule has 1 saturated carbocycles.